The highest BCUT2D eigenvalue weighted by molar-refractivity contribution is 8.02. The summed E-state index contributed by atoms with van der Waals surface area (Å²) in [5, 5.41) is 15.1. The second kappa shape index (κ2) is 8.33. The summed E-state index contributed by atoms with van der Waals surface area (Å²) in [6, 6.07) is 2.21. The molecule has 5 heteroatoms. The molecule has 1 saturated heterocycles. The fourth-order valence-electron chi connectivity index (χ4n) is 2.61. The Morgan fingerprint density at radius 3 is 3.05 bits per heavy atom. The van der Waals surface area contributed by atoms with Crippen molar-refractivity contribution in [3.8, 4) is 6.07 Å². The predicted molar refractivity (Wildman–Crippen MR) is 83.6 cm³/mol. The van der Waals surface area contributed by atoms with Gasteiger partial charge in [-0.05, 0) is 56.8 Å². The van der Waals surface area contributed by atoms with Crippen LogP contribution in [0, 0.1) is 17.2 Å². The number of hydrogen-bond acceptors (Lipinski definition) is 5. The van der Waals surface area contributed by atoms with E-state index in [1.54, 1.807) is 0 Å². The average Bonchev–Trinajstić information content (AvgIpc) is 2.44. The smallest absolute Gasteiger partial charge is 0.138 e. The van der Waals surface area contributed by atoms with Gasteiger partial charge in [-0.15, -0.1) is 11.8 Å². The normalized spacial score (nSPS) is 27.2. The van der Waals surface area contributed by atoms with Gasteiger partial charge in [-0.25, -0.2) is 0 Å². The van der Waals surface area contributed by atoms with Crippen LogP contribution >= 0.6 is 11.8 Å². The van der Waals surface area contributed by atoms with Crippen LogP contribution in [0.5, 0.6) is 0 Å². The Morgan fingerprint density at radius 2 is 2.30 bits per heavy atom. The number of rotatable bonds is 4. The first-order valence-electron chi connectivity index (χ1n) is 7.35. The Balaban J connectivity index is 1.76. The van der Waals surface area contributed by atoms with E-state index in [0.29, 0.717) is 18.9 Å². The molecule has 2 aliphatic heterocycles. The van der Waals surface area contributed by atoms with Gasteiger partial charge in [0.2, 0.25) is 0 Å². The molecule has 0 atom stereocenters. The second-order valence-electron chi connectivity index (χ2n) is 5.51. The molecule has 0 bridgehead atoms. The van der Waals surface area contributed by atoms with E-state index in [-0.39, 0.29) is 0 Å². The van der Waals surface area contributed by atoms with Crippen LogP contribution in [-0.4, -0.2) is 42.6 Å². The van der Waals surface area contributed by atoms with Gasteiger partial charge in [0, 0.05) is 18.1 Å². The Morgan fingerprint density at radius 1 is 1.50 bits per heavy atom. The maximum absolute atomic E-state index is 8.57. The molecule has 0 saturated carbocycles. The third kappa shape index (κ3) is 4.84. The van der Waals surface area contributed by atoms with Crippen molar-refractivity contribution in [1.82, 2.24) is 4.90 Å². The molecule has 1 fully saturated rings. The van der Waals surface area contributed by atoms with Crippen LogP contribution in [0.4, 0.5) is 0 Å². The first kappa shape index (κ1) is 15.4. The zero-order valence-corrected chi connectivity index (χ0v) is 13.0. The number of likely N-dealkylation sites (tertiary alicyclic amines) is 1. The number of thioether (sulfide) groups is 1. The lowest BCUT2D eigenvalue weighted by molar-refractivity contribution is 0.161. The van der Waals surface area contributed by atoms with Crippen LogP contribution in [0.3, 0.4) is 0 Å². The molecule has 110 valence electrons. The zero-order valence-electron chi connectivity index (χ0n) is 12.2. The van der Waals surface area contributed by atoms with Crippen molar-refractivity contribution >= 4 is 17.5 Å². The number of hydrogen-bond donors (Lipinski definition) is 0. The largest absolute Gasteiger partial charge is 0.391 e. The fraction of sp³-hybridized carbons (Fsp3) is 0.733. The van der Waals surface area contributed by atoms with Gasteiger partial charge >= 0.3 is 0 Å². The molecule has 0 N–H and O–H groups in total. The molecule has 0 aromatic heterocycles. The number of oxime groups is 1. The summed E-state index contributed by atoms with van der Waals surface area (Å²) < 4.78 is 0. The Hall–Kier alpha value is -0.990. The Kier molecular flexibility index (Phi) is 6.41. The predicted octanol–water partition coefficient (Wildman–Crippen LogP) is 3.03. The summed E-state index contributed by atoms with van der Waals surface area (Å²) in [5.41, 5.74) is 2.46. The molecule has 0 amide bonds. The Bertz CT molecular complexity index is 406. The lowest BCUT2D eigenvalue weighted by Gasteiger charge is -2.32. The summed E-state index contributed by atoms with van der Waals surface area (Å²) in [7, 11) is 0. The molecular weight excluding hydrogens is 270 g/mol. The van der Waals surface area contributed by atoms with Crippen LogP contribution in [-0.2, 0) is 4.84 Å². The molecule has 0 radical (unpaired) electrons. The molecule has 20 heavy (non-hydrogen) atoms. The maximum atomic E-state index is 8.57. The minimum atomic E-state index is 0.571. The van der Waals surface area contributed by atoms with Crippen LogP contribution in [0.25, 0.3) is 0 Å². The van der Waals surface area contributed by atoms with Crippen LogP contribution < -0.4 is 0 Å². The Labute approximate surface area is 125 Å². The number of piperidine rings is 1. The van der Waals surface area contributed by atoms with Crippen molar-refractivity contribution in [3.05, 3.63) is 11.0 Å². The summed E-state index contributed by atoms with van der Waals surface area (Å²) in [6.45, 7) is 5.99. The highest BCUT2D eigenvalue weighted by Crippen LogP contribution is 2.23. The van der Waals surface area contributed by atoms with E-state index in [1.807, 2.05) is 11.8 Å². The monoisotopic (exact) mass is 293 g/mol. The molecule has 2 rings (SSSR count). The minimum absolute atomic E-state index is 0.571. The van der Waals surface area contributed by atoms with Crippen molar-refractivity contribution in [2.75, 3.05) is 32.0 Å². The average molecular weight is 293 g/mol. The van der Waals surface area contributed by atoms with Crippen molar-refractivity contribution in [3.63, 3.8) is 0 Å². The van der Waals surface area contributed by atoms with E-state index >= 15 is 0 Å². The van der Waals surface area contributed by atoms with Gasteiger partial charge in [0.15, 0.2) is 0 Å². The number of nitrogens with zero attached hydrogens (tertiary/aromatic N) is 3. The molecular formula is C15H23N3OS. The summed E-state index contributed by atoms with van der Waals surface area (Å²) >= 11 is 1.83. The highest BCUT2D eigenvalue weighted by Gasteiger charge is 2.24. The fourth-order valence-corrected chi connectivity index (χ4v) is 3.51. The zero-order chi connectivity index (χ0) is 14.2. The van der Waals surface area contributed by atoms with Gasteiger partial charge < -0.3 is 9.74 Å². The molecule has 0 aliphatic carbocycles. The van der Waals surface area contributed by atoms with Crippen molar-refractivity contribution in [1.29, 1.82) is 5.26 Å². The third-order valence-corrected chi connectivity index (χ3v) is 4.84. The van der Waals surface area contributed by atoms with Gasteiger partial charge in [-0.2, -0.15) is 5.26 Å². The number of nitriles is 1. The van der Waals surface area contributed by atoms with E-state index < -0.39 is 0 Å². The topological polar surface area (TPSA) is 48.6 Å². The second-order valence-corrected chi connectivity index (χ2v) is 6.37. The molecule has 2 heterocycles. The minimum Gasteiger partial charge on any atom is -0.391 e. The maximum Gasteiger partial charge on any atom is 0.138 e. The van der Waals surface area contributed by atoms with Crippen molar-refractivity contribution in [2.45, 2.75) is 32.6 Å². The van der Waals surface area contributed by atoms with Gasteiger partial charge in [0.1, 0.15) is 6.61 Å². The molecule has 0 aromatic carbocycles. The quantitative estimate of drug-likeness (QED) is 0.748. The van der Waals surface area contributed by atoms with Crippen molar-refractivity contribution < 1.29 is 4.84 Å². The van der Waals surface area contributed by atoms with Crippen molar-refractivity contribution in [2.24, 2.45) is 11.1 Å². The van der Waals surface area contributed by atoms with E-state index in [1.165, 1.54) is 11.3 Å². The summed E-state index contributed by atoms with van der Waals surface area (Å²) in [5.74, 6) is 1.53. The van der Waals surface area contributed by atoms with E-state index in [2.05, 4.69) is 28.5 Å². The molecule has 0 aromatic rings. The SMILES string of the molecule is C/C1=C/SC/C(C2CCN(CCCC#N)CC2)=N\OC1. The van der Waals surface area contributed by atoms with E-state index in [0.717, 1.165) is 44.6 Å². The van der Waals surface area contributed by atoms with E-state index in [4.69, 9.17) is 10.1 Å². The lowest BCUT2D eigenvalue weighted by Crippen LogP contribution is -2.37. The molecule has 2 aliphatic rings. The highest BCUT2D eigenvalue weighted by atomic mass is 32.2. The molecule has 0 spiro atoms. The van der Waals surface area contributed by atoms with Gasteiger partial charge in [0.25, 0.3) is 0 Å². The standard InChI is InChI=1S/C15H23N3OS/c1-13-10-19-17-15(12-20-11-13)14-4-8-18(9-5-14)7-3-2-6-16/h11,14H,2-5,7-10,12H2,1H3/b13-11-,17-15+. The number of unbranched alkanes of at least 4 members (excludes halogenated alkanes) is 1. The molecule has 4 nitrogen and oxygen atoms in total. The van der Waals surface area contributed by atoms with E-state index in [9.17, 15) is 0 Å². The third-order valence-electron chi connectivity index (χ3n) is 3.81. The first-order valence-corrected chi connectivity index (χ1v) is 8.39. The summed E-state index contributed by atoms with van der Waals surface area (Å²) in [6.07, 6.45) is 3.99. The van der Waals surface area contributed by atoms with Gasteiger partial charge in [-0.1, -0.05) is 5.16 Å². The van der Waals surface area contributed by atoms with Crippen LogP contribution in [0.1, 0.15) is 32.6 Å². The summed E-state index contributed by atoms with van der Waals surface area (Å²) in [4.78, 5) is 7.88. The molecule has 0 unspecified atom stereocenters. The van der Waals surface area contributed by atoms with Gasteiger partial charge in [0.05, 0.1) is 11.8 Å². The van der Waals surface area contributed by atoms with Gasteiger partial charge in [-0.3, -0.25) is 0 Å². The first-order chi connectivity index (χ1) is 9.79. The van der Waals surface area contributed by atoms with Crippen LogP contribution in [0.2, 0.25) is 0 Å². The van der Waals surface area contributed by atoms with Crippen LogP contribution in [0.15, 0.2) is 16.1 Å². The lowest BCUT2D eigenvalue weighted by atomic mass is 9.92.